The van der Waals surface area contributed by atoms with Gasteiger partial charge in [-0.15, -0.1) is 0 Å². The number of nitrogens with two attached hydrogens (primary N) is 1. The molecule has 1 heterocycles. The average Bonchev–Trinajstić information content (AvgIpc) is 2.97. The first kappa shape index (κ1) is 20.5. The summed E-state index contributed by atoms with van der Waals surface area (Å²) in [5, 5.41) is 17.3. The van der Waals surface area contributed by atoms with E-state index < -0.39 is 11.9 Å². The number of ether oxygens (including phenoxy) is 1. The normalized spacial score (nSPS) is 10.5. The van der Waals surface area contributed by atoms with Crippen molar-refractivity contribution < 1.29 is 24.5 Å². The van der Waals surface area contributed by atoms with E-state index in [0.717, 1.165) is 35.1 Å². The highest BCUT2D eigenvalue weighted by Crippen LogP contribution is 2.35. The zero-order valence-electron chi connectivity index (χ0n) is 13.8. The number of carbonyl (C=O) groups is 2. The molecule has 0 unspecified atom stereocenters. The quantitative estimate of drug-likeness (QED) is 0.557. The Hall–Kier alpha value is -2.51. The van der Waals surface area contributed by atoms with Crippen LogP contribution < -0.4 is 10.5 Å². The molecular weight excluding hydrogens is 348 g/mol. The summed E-state index contributed by atoms with van der Waals surface area (Å²) in [6, 6.07) is 3.90. The third kappa shape index (κ3) is 6.48. The molecule has 0 saturated heterocycles. The number of aromatic nitrogens is 1. The van der Waals surface area contributed by atoms with Gasteiger partial charge in [0.15, 0.2) is 0 Å². The number of aromatic amines is 1. The number of hydrogen-bond acceptors (Lipinski definition) is 4. The molecule has 0 amide bonds. The van der Waals surface area contributed by atoms with Crippen LogP contribution in [-0.2, 0) is 16.0 Å². The Morgan fingerprint density at radius 1 is 1.28 bits per heavy atom. The van der Waals surface area contributed by atoms with Crippen molar-refractivity contribution in [1.82, 2.24) is 4.98 Å². The molecular formula is C17H21ClN2O5. The number of carboxylic acid groups (broad SMARTS) is 2. The van der Waals surface area contributed by atoms with Crippen LogP contribution in [0.15, 0.2) is 30.5 Å². The van der Waals surface area contributed by atoms with Gasteiger partial charge in [0.05, 0.1) is 11.6 Å². The SMILES string of the molecule is CCCOc1ccc2[nH]cc(CCN)c2c1Cl.O=C(O)/C=C/C(=O)O. The van der Waals surface area contributed by atoms with Crippen LogP contribution in [0.4, 0.5) is 0 Å². The standard InChI is InChI=1S/C13H17ClN2O.C4H4O4/c1-2-7-17-11-4-3-10-12(13(11)14)9(5-6-15)8-16-10;5-3(6)1-2-4(7)8/h3-4,8,16H,2,5-7,15H2,1H3;1-2H,(H,5,6)(H,7,8)/b;2-1+. The second-order valence-corrected chi connectivity index (χ2v) is 5.39. The van der Waals surface area contributed by atoms with E-state index in [1.165, 1.54) is 0 Å². The monoisotopic (exact) mass is 368 g/mol. The number of rotatable bonds is 7. The van der Waals surface area contributed by atoms with Crippen molar-refractivity contribution >= 4 is 34.4 Å². The first-order valence-corrected chi connectivity index (χ1v) is 8.03. The largest absolute Gasteiger partial charge is 0.492 e. The van der Waals surface area contributed by atoms with Gasteiger partial charge in [-0.05, 0) is 37.1 Å². The lowest BCUT2D eigenvalue weighted by Crippen LogP contribution is -2.02. The van der Waals surface area contributed by atoms with Crippen molar-refractivity contribution in [2.24, 2.45) is 5.73 Å². The van der Waals surface area contributed by atoms with Crippen molar-refractivity contribution in [2.75, 3.05) is 13.2 Å². The van der Waals surface area contributed by atoms with Crippen molar-refractivity contribution in [3.8, 4) is 5.75 Å². The molecule has 0 fully saturated rings. The Morgan fingerprint density at radius 3 is 2.44 bits per heavy atom. The fourth-order valence-corrected chi connectivity index (χ4v) is 2.39. The van der Waals surface area contributed by atoms with E-state index in [9.17, 15) is 9.59 Å². The van der Waals surface area contributed by atoms with Gasteiger partial charge in [-0.25, -0.2) is 9.59 Å². The van der Waals surface area contributed by atoms with Gasteiger partial charge in [-0.3, -0.25) is 0 Å². The Balaban J connectivity index is 0.000000333. The van der Waals surface area contributed by atoms with Crippen LogP contribution in [0.1, 0.15) is 18.9 Å². The third-order valence-corrected chi connectivity index (χ3v) is 3.45. The van der Waals surface area contributed by atoms with E-state index in [4.69, 9.17) is 32.3 Å². The van der Waals surface area contributed by atoms with E-state index in [1.807, 2.05) is 18.3 Å². The molecule has 25 heavy (non-hydrogen) atoms. The highest BCUT2D eigenvalue weighted by molar-refractivity contribution is 6.37. The lowest BCUT2D eigenvalue weighted by atomic mass is 10.1. The van der Waals surface area contributed by atoms with E-state index >= 15 is 0 Å². The van der Waals surface area contributed by atoms with Crippen molar-refractivity contribution in [1.29, 1.82) is 0 Å². The first-order chi connectivity index (χ1) is 11.9. The second-order valence-electron chi connectivity index (χ2n) is 5.01. The second kappa shape index (κ2) is 10.4. The maximum absolute atomic E-state index is 9.55. The minimum atomic E-state index is -1.26. The lowest BCUT2D eigenvalue weighted by Gasteiger charge is -2.08. The summed E-state index contributed by atoms with van der Waals surface area (Å²) < 4.78 is 5.62. The summed E-state index contributed by atoms with van der Waals surface area (Å²) in [7, 11) is 0. The molecule has 7 nitrogen and oxygen atoms in total. The average molecular weight is 369 g/mol. The molecule has 0 bridgehead atoms. The van der Waals surface area contributed by atoms with E-state index in [0.29, 0.717) is 30.3 Å². The number of aliphatic carboxylic acids is 2. The molecule has 0 aliphatic rings. The molecule has 0 atom stereocenters. The number of nitrogens with one attached hydrogen (secondary N) is 1. The molecule has 0 radical (unpaired) electrons. The predicted molar refractivity (Wildman–Crippen MR) is 96.3 cm³/mol. The summed E-state index contributed by atoms with van der Waals surface area (Å²) in [5.41, 5.74) is 7.77. The van der Waals surface area contributed by atoms with Crippen molar-refractivity contribution in [3.63, 3.8) is 0 Å². The number of hydrogen-bond donors (Lipinski definition) is 4. The van der Waals surface area contributed by atoms with Gasteiger partial charge < -0.3 is 25.7 Å². The summed E-state index contributed by atoms with van der Waals surface area (Å²) >= 11 is 6.37. The minimum absolute atomic E-state index is 0.558. The molecule has 2 rings (SSSR count). The van der Waals surface area contributed by atoms with Gasteiger partial charge in [0.1, 0.15) is 5.75 Å². The van der Waals surface area contributed by atoms with Crippen LogP contribution in [0.5, 0.6) is 5.75 Å². The van der Waals surface area contributed by atoms with Gasteiger partial charge in [0, 0.05) is 29.3 Å². The van der Waals surface area contributed by atoms with Gasteiger partial charge >= 0.3 is 11.9 Å². The van der Waals surface area contributed by atoms with Gasteiger partial charge in [-0.1, -0.05) is 18.5 Å². The fraction of sp³-hybridized carbons (Fsp3) is 0.294. The van der Waals surface area contributed by atoms with Crippen LogP contribution in [0.3, 0.4) is 0 Å². The Kier molecular flexibility index (Phi) is 8.52. The van der Waals surface area contributed by atoms with Gasteiger partial charge in [0.2, 0.25) is 0 Å². The van der Waals surface area contributed by atoms with Gasteiger partial charge in [-0.2, -0.15) is 0 Å². The molecule has 5 N–H and O–H groups in total. The number of fused-ring (bicyclic) bond motifs is 1. The maximum atomic E-state index is 9.55. The Morgan fingerprint density at radius 2 is 1.92 bits per heavy atom. The summed E-state index contributed by atoms with van der Waals surface area (Å²) in [6.07, 6.45) is 4.87. The molecule has 0 aliphatic heterocycles. The summed E-state index contributed by atoms with van der Waals surface area (Å²) in [5.74, 6) is -1.77. The first-order valence-electron chi connectivity index (χ1n) is 7.65. The summed E-state index contributed by atoms with van der Waals surface area (Å²) in [6.45, 7) is 3.37. The molecule has 2 aromatic rings. The zero-order valence-corrected chi connectivity index (χ0v) is 14.5. The van der Waals surface area contributed by atoms with E-state index in [-0.39, 0.29) is 0 Å². The lowest BCUT2D eigenvalue weighted by molar-refractivity contribution is -0.134. The zero-order chi connectivity index (χ0) is 18.8. The van der Waals surface area contributed by atoms with Crippen LogP contribution in [0.25, 0.3) is 10.9 Å². The highest BCUT2D eigenvalue weighted by Gasteiger charge is 2.11. The molecule has 8 heteroatoms. The smallest absolute Gasteiger partial charge is 0.328 e. The van der Waals surface area contributed by atoms with Crippen LogP contribution in [-0.4, -0.2) is 40.3 Å². The fourth-order valence-electron chi connectivity index (χ4n) is 2.05. The van der Waals surface area contributed by atoms with E-state index in [2.05, 4.69) is 11.9 Å². The number of benzene rings is 1. The molecule has 0 aliphatic carbocycles. The van der Waals surface area contributed by atoms with Crippen molar-refractivity contribution in [2.45, 2.75) is 19.8 Å². The summed E-state index contributed by atoms with van der Waals surface area (Å²) in [4.78, 5) is 22.3. The molecule has 1 aromatic heterocycles. The van der Waals surface area contributed by atoms with E-state index in [1.54, 1.807) is 0 Å². The topological polar surface area (TPSA) is 126 Å². The Bertz CT molecular complexity index is 739. The Labute approximate surface area is 150 Å². The highest BCUT2D eigenvalue weighted by atomic mass is 35.5. The molecule has 0 saturated carbocycles. The van der Waals surface area contributed by atoms with Crippen LogP contribution in [0, 0.1) is 0 Å². The minimum Gasteiger partial charge on any atom is -0.492 e. The molecule has 1 aromatic carbocycles. The number of halogens is 1. The number of carboxylic acids is 2. The van der Waals surface area contributed by atoms with Crippen molar-refractivity contribution in [3.05, 3.63) is 41.1 Å². The predicted octanol–water partition coefficient (Wildman–Crippen LogP) is 2.82. The number of H-pyrrole nitrogens is 1. The van der Waals surface area contributed by atoms with Gasteiger partial charge in [0.25, 0.3) is 0 Å². The molecule has 136 valence electrons. The molecule has 0 spiro atoms. The van der Waals surface area contributed by atoms with Crippen LogP contribution >= 0.6 is 11.6 Å². The maximum Gasteiger partial charge on any atom is 0.328 e. The van der Waals surface area contributed by atoms with Crippen LogP contribution in [0.2, 0.25) is 5.02 Å². The third-order valence-electron chi connectivity index (χ3n) is 3.07.